The van der Waals surface area contributed by atoms with E-state index >= 15 is 0 Å². The van der Waals surface area contributed by atoms with Crippen molar-refractivity contribution in [3.8, 4) is 0 Å². The van der Waals surface area contributed by atoms with Crippen molar-refractivity contribution in [1.29, 1.82) is 0 Å². The molecule has 0 aliphatic carbocycles. The van der Waals surface area contributed by atoms with Crippen molar-refractivity contribution in [3.05, 3.63) is 33.9 Å². The van der Waals surface area contributed by atoms with E-state index in [4.69, 9.17) is 0 Å². The lowest BCUT2D eigenvalue weighted by molar-refractivity contribution is 0.843. The Bertz CT molecular complexity index is 618. The molecule has 2 aromatic rings. The predicted molar refractivity (Wildman–Crippen MR) is 67.7 cm³/mol. The normalized spacial score (nSPS) is 10.8. The van der Waals surface area contributed by atoms with Crippen LogP contribution in [-0.4, -0.2) is 28.0 Å². The molecule has 0 saturated carbocycles. The highest BCUT2D eigenvalue weighted by atomic mass is 16.1. The van der Waals surface area contributed by atoms with Gasteiger partial charge in [-0.3, -0.25) is 0 Å². The van der Waals surface area contributed by atoms with Gasteiger partial charge in [-0.2, -0.15) is 9.97 Å². The SMILES string of the molecule is CCN(C)c1nc(=O)n2c(C)cc(C)cc2n1. The minimum absolute atomic E-state index is 0.275. The van der Waals surface area contributed by atoms with E-state index in [0.29, 0.717) is 11.6 Å². The summed E-state index contributed by atoms with van der Waals surface area (Å²) in [5.41, 5.74) is 2.32. The molecule has 0 N–H and O–H groups in total. The van der Waals surface area contributed by atoms with Crippen LogP contribution in [-0.2, 0) is 0 Å². The Morgan fingerprint density at radius 1 is 1.29 bits per heavy atom. The van der Waals surface area contributed by atoms with Crippen molar-refractivity contribution in [3.63, 3.8) is 0 Å². The minimum Gasteiger partial charge on any atom is -0.344 e. The van der Waals surface area contributed by atoms with Crippen molar-refractivity contribution in [1.82, 2.24) is 14.4 Å². The van der Waals surface area contributed by atoms with Crippen LogP contribution in [0.1, 0.15) is 18.2 Å². The van der Waals surface area contributed by atoms with Gasteiger partial charge in [-0.05, 0) is 38.5 Å². The summed E-state index contributed by atoms with van der Waals surface area (Å²) in [6.07, 6.45) is 0. The molecule has 0 bridgehead atoms. The van der Waals surface area contributed by atoms with E-state index < -0.39 is 0 Å². The molecule has 0 aliphatic rings. The Labute approximate surface area is 99.7 Å². The summed E-state index contributed by atoms with van der Waals surface area (Å²) in [5.74, 6) is 0.475. The molecule has 0 spiro atoms. The van der Waals surface area contributed by atoms with Crippen LogP contribution in [0.3, 0.4) is 0 Å². The molecule has 5 nitrogen and oxygen atoms in total. The first-order valence-electron chi connectivity index (χ1n) is 5.62. The Morgan fingerprint density at radius 2 is 2.00 bits per heavy atom. The minimum atomic E-state index is -0.275. The second-order valence-corrected chi connectivity index (χ2v) is 4.19. The monoisotopic (exact) mass is 232 g/mol. The number of hydrogen-bond donors (Lipinski definition) is 0. The zero-order chi connectivity index (χ0) is 12.6. The summed E-state index contributed by atoms with van der Waals surface area (Å²) in [7, 11) is 1.87. The van der Waals surface area contributed by atoms with Gasteiger partial charge in [-0.15, -0.1) is 0 Å². The lowest BCUT2D eigenvalue weighted by Gasteiger charge is -2.14. The number of pyridine rings is 1. The number of anilines is 1. The van der Waals surface area contributed by atoms with Crippen LogP contribution >= 0.6 is 0 Å². The Morgan fingerprint density at radius 3 is 2.65 bits per heavy atom. The van der Waals surface area contributed by atoms with Gasteiger partial charge in [0.2, 0.25) is 5.95 Å². The molecule has 17 heavy (non-hydrogen) atoms. The second-order valence-electron chi connectivity index (χ2n) is 4.19. The Balaban J connectivity index is 2.78. The van der Waals surface area contributed by atoms with Crippen LogP contribution in [0, 0.1) is 13.8 Å². The fraction of sp³-hybridized carbons (Fsp3) is 0.417. The van der Waals surface area contributed by atoms with E-state index in [-0.39, 0.29) is 5.69 Å². The first kappa shape index (κ1) is 11.6. The molecule has 0 fully saturated rings. The first-order chi connectivity index (χ1) is 8.02. The van der Waals surface area contributed by atoms with Crippen molar-refractivity contribution in [2.45, 2.75) is 20.8 Å². The molecule has 0 aliphatic heterocycles. The van der Waals surface area contributed by atoms with Crippen LogP contribution in [0.2, 0.25) is 0 Å². The molecule has 0 radical (unpaired) electrons. The zero-order valence-corrected chi connectivity index (χ0v) is 10.6. The fourth-order valence-corrected chi connectivity index (χ4v) is 1.79. The molecule has 0 unspecified atom stereocenters. The molecule has 0 atom stereocenters. The lowest BCUT2D eigenvalue weighted by Crippen LogP contribution is -2.27. The van der Waals surface area contributed by atoms with E-state index in [1.54, 1.807) is 0 Å². The van der Waals surface area contributed by atoms with Gasteiger partial charge < -0.3 is 4.90 Å². The van der Waals surface area contributed by atoms with Crippen LogP contribution in [0.5, 0.6) is 0 Å². The molecule has 2 rings (SSSR count). The fourth-order valence-electron chi connectivity index (χ4n) is 1.79. The molecule has 0 amide bonds. The third-order valence-corrected chi connectivity index (χ3v) is 2.79. The summed E-state index contributed by atoms with van der Waals surface area (Å²) < 4.78 is 1.53. The summed E-state index contributed by atoms with van der Waals surface area (Å²) in [6.45, 7) is 6.63. The van der Waals surface area contributed by atoms with Crippen LogP contribution in [0.25, 0.3) is 5.65 Å². The van der Waals surface area contributed by atoms with Gasteiger partial charge in [0.1, 0.15) is 5.65 Å². The largest absolute Gasteiger partial charge is 0.356 e. The topological polar surface area (TPSA) is 50.5 Å². The highest BCUT2D eigenvalue weighted by Gasteiger charge is 2.08. The number of nitrogens with zero attached hydrogens (tertiary/aromatic N) is 4. The van der Waals surface area contributed by atoms with Gasteiger partial charge in [-0.1, -0.05) is 0 Å². The first-order valence-corrected chi connectivity index (χ1v) is 5.62. The van der Waals surface area contributed by atoms with E-state index in [1.165, 1.54) is 4.40 Å². The van der Waals surface area contributed by atoms with Crippen LogP contribution in [0.4, 0.5) is 5.95 Å². The molecular weight excluding hydrogens is 216 g/mol. The van der Waals surface area contributed by atoms with E-state index in [0.717, 1.165) is 17.8 Å². The average molecular weight is 232 g/mol. The maximum absolute atomic E-state index is 11.9. The number of aromatic nitrogens is 3. The second kappa shape index (κ2) is 4.16. The highest BCUT2D eigenvalue weighted by molar-refractivity contribution is 5.46. The van der Waals surface area contributed by atoms with Crippen LogP contribution in [0.15, 0.2) is 16.9 Å². The van der Waals surface area contributed by atoms with E-state index in [2.05, 4.69) is 9.97 Å². The van der Waals surface area contributed by atoms with Crippen molar-refractivity contribution < 1.29 is 0 Å². The highest BCUT2D eigenvalue weighted by Crippen LogP contribution is 2.09. The van der Waals surface area contributed by atoms with Gasteiger partial charge in [0.25, 0.3) is 0 Å². The number of fused-ring (bicyclic) bond motifs is 1. The van der Waals surface area contributed by atoms with Crippen molar-refractivity contribution in [2.24, 2.45) is 0 Å². The molecule has 2 aromatic heterocycles. The summed E-state index contributed by atoms with van der Waals surface area (Å²) in [4.78, 5) is 22.2. The summed E-state index contributed by atoms with van der Waals surface area (Å²) in [6, 6.07) is 3.84. The summed E-state index contributed by atoms with van der Waals surface area (Å²) in [5, 5.41) is 0. The van der Waals surface area contributed by atoms with E-state index in [1.807, 2.05) is 44.9 Å². The predicted octanol–water partition coefficient (Wildman–Crippen LogP) is 1.16. The third kappa shape index (κ3) is 2.00. The standard InChI is InChI=1S/C12H16N4O/c1-5-15(4)11-13-10-7-8(2)6-9(3)16(10)12(17)14-11/h6-7H,5H2,1-4H3. The number of aryl methyl sites for hydroxylation is 2. The molecule has 0 aromatic carbocycles. The smallest absolute Gasteiger partial charge is 0.344 e. The van der Waals surface area contributed by atoms with Crippen molar-refractivity contribution >= 4 is 11.6 Å². The van der Waals surface area contributed by atoms with Gasteiger partial charge in [0.15, 0.2) is 0 Å². The average Bonchev–Trinajstić information content (AvgIpc) is 2.26. The molecule has 90 valence electrons. The number of rotatable bonds is 2. The van der Waals surface area contributed by atoms with Gasteiger partial charge in [-0.25, -0.2) is 9.20 Å². The van der Waals surface area contributed by atoms with Gasteiger partial charge in [0, 0.05) is 19.3 Å². The van der Waals surface area contributed by atoms with E-state index in [9.17, 15) is 4.79 Å². The van der Waals surface area contributed by atoms with Gasteiger partial charge in [0.05, 0.1) is 0 Å². The summed E-state index contributed by atoms with van der Waals surface area (Å²) >= 11 is 0. The molecule has 0 saturated heterocycles. The quantitative estimate of drug-likeness (QED) is 0.779. The Hall–Kier alpha value is -1.91. The maximum atomic E-state index is 11.9. The molecule has 2 heterocycles. The van der Waals surface area contributed by atoms with Gasteiger partial charge >= 0.3 is 5.69 Å². The number of hydrogen-bond acceptors (Lipinski definition) is 4. The molecular formula is C12H16N4O. The van der Waals surface area contributed by atoms with Crippen LogP contribution < -0.4 is 10.6 Å². The molecule has 5 heteroatoms. The Kier molecular flexibility index (Phi) is 2.83. The third-order valence-electron chi connectivity index (χ3n) is 2.79. The zero-order valence-electron chi connectivity index (χ0n) is 10.6. The van der Waals surface area contributed by atoms with Crippen molar-refractivity contribution in [2.75, 3.05) is 18.5 Å². The maximum Gasteiger partial charge on any atom is 0.356 e. The lowest BCUT2D eigenvalue weighted by atomic mass is 10.2.